The van der Waals surface area contributed by atoms with Crippen LogP contribution in [0.4, 0.5) is 9.18 Å². The van der Waals surface area contributed by atoms with Gasteiger partial charge in [0.15, 0.2) is 0 Å². The van der Waals surface area contributed by atoms with Gasteiger partial charge in [-0.1, -0.05) is 17.7 Å². The third kappa shape index (κ3) is 4.98. The molecule has 0 heterocycles. The quantitative estimate of drug-likeness (QED) is 0.878. The minimum Gasteiger partial charge on any atom is -0.393 e. The molecule has 0 saturated heterocycles. The van der Waals surface area contributed by atoms with Crippen molar-refractivity contribution in [2.45, 2.75) is 32.4 Å². The summed E-state index contributed by atoms with van der Waals surface area (Å²) in [5, 5.41) is 12.0. The van der Waals surface area contributed by atoms with Crippen molar-refractivity contribution in [2.75, 3.05) is 13.6 Å². The number of carbonyl (C=O) groups excluding carboxylic acids is 1. The van der Waals surface area contributed by atoms with Crippen molar-refractivity contribution in [1.82, 2.24) is 10.2 Å². The topological polar surface area (TPSA) is 52.6 Å². The van der Waals surface area contributed by atoms with Crippen LogP contribution in [0.25, 0.3) is 0 Å². The normalized spacial score (nSPS) is 13.7. The van der Waals surface area contributed by atoms with Gasteiger partial charge in [-0.15, -0.1) is 0 Å². The van der Waals surface area contributed by atoms with E-state index in [1.54, 1.807) is 27.0 Å². The van der Waals surface area contributed by atoms with E-state index in [-0.39, 0.29) is 17.1 Å². The highest BCUT2D eigenvalue weighted by molar-refractivity contribution is 6.30. The van der Waals surface area contributed by atoms with Crippen LogP contribution in [-0.2, 0) is 0 Å². The minimum atomic E-state index is -0.483. The Morgan fingerprint density at radius 2 is 2.15 bits per heavy atom. The number of nitrogens with one attached hydrogen (secondary N) is 1. The van der Waals surface area contributed by atoms with E-state index in [0.29, 0.717) is 13.0 Å². The van der Waals surface area contributed by atoms with E-state index in [0.717, 1.165) is 5.56 Å². The van der Waals surface area contributed by atoms with Gasteiger partial charge in [-0.2, -0.15) is 0 Å². The first-order chi connectivity index (χ1) is 9.31. The van der Waals surface area contributed by atoms with Crippen LogP contribution in [0, 0.1) is 5.82 Å². The van der Waals surface area contributed by atoms with Crippen molar-refractivity contribution < 1.29 is 14.3 Å². The third-order valence-corrected chi connectivity index (χ3v) is 3.30. The molecule has 0 radical (unpaired) electrons. The molecular weight excluding hydrogens is 283 g/mol. The van der Waals surface area contributed by atoms with Gasteiger partial charge in [0.1, 0.15) is 5.82 Å². The van der Waals surface area contributed by atoms with Gasteiger partial charge < -0.3 is 15.3 Å². The molecule has 0 aliphatic carbocycles. The van der Waals surface area contributed by atoms with Crippen LogP contribution < -0.4 is 5.32 Å². The number of carbonyl (C=O) groups is 1. The Morgan fingerprint density at radius 1 is 1.50 bits per heavy atom. The zero-order valence-electron chi connectivity index (χ0n) is 11.9. The number of nitrogens with zero attached hydrogens (tertiary/aromatic N) is 1. The first kappa shape index (κ1) is 16.7. The van der Waals surface area contributed by atoms with Gasteiger partial charge >= 0.3 is 6.03 Å². The van der Waals surface area contributed by atoms with Crippen molar-refractivity contribution in [3.05, 3.63) is 34.6 Å². The summed E-state index contributed by atoms with van der Waals surface area (Å²) in [4.78, 5) is 13.4. The van der Waals surface area contributed by atoms with Crippen molar-refractivity contribution in [2.24, 2.45) is 0 Å². The van der Waals surface area contributed by atoms with E-state index in [9.17, 15) is 14.3 Å². The Labute approximate surface area is 123 Å². The molecule has 20 heavy (non-hydrogen) atoms. The maximum absolute atomic E-state index is 13.1. The maximum Gasteiger partial charge on any atom is 0.317 e. The van der Waals surface area contributed by atoms with Crippen LogP contribution in [0.1, 0.15) is 31.9 Å². The van der Waals surface area contributed by atoms with Gasteiger partial charge in [-0.25, -0.2) is 9.18 Å². The number of benzene rings is 1. The molecule has 2 amide bonds. The lowest BCUT2D eigenvalue weighted by Gasteiger charge is -2.22. The van der Waals surface area contributed by atoms with Crippen LogP contribution in [0.3, 0.4) is 0 Å². The second-order valence-corrected chi connectivity index (χ2v) is 5.31. The first-order valence-corrected chi connectivity index (χ1v) is 6.83. The molecule has 6 heteroatoms. The Hall–Kier alpha value is -1.33. The van der Waals surface area contributed by atoms with Gasteiger partial charge in [-0.05, 0) is 38.0 Å². The Kier molecular flexibility index (Phi) is 6.23. The van der Waals surface area contributed by atoms with E-state index in [1.807, 2.05) is 0 Å². The fraction of sp³-hybridized carbons (Fsp3) is 0.500. The average molecular weight is 303 g/mol. The number of aliphatic hydroxyl groups excluding tert-OH is 1. The molecule has 2 atom stereocenters. The molecule has 1 aromatic carbocycles. The van der Waals surface area contributed by atoms with Crippen molar-refractivity contribution in [3.8, 4) is 0 Å². The van der Waals surface area contributed by atoms with Gasteiger partial charge in [-0.3, -0.25) is 0 Å². The molecule has 112 valence electrons. The minimum absolute atomic E-state index is 0.0334. The summed E-state index contributed by atoms with van der Waals surface area (Å²) >= 11 is 5.72. The predicted octanol–water partition coefficient (Wildman–Crippen LogP) is 2.95. The lowest BCUT2D eigenvalue weighted by molar-refractivity contribution is 0.162. The molecule has 1 aromatic rings. The highest BCUT2D eigenvalue weighted by Gasteiger charge is 2.14. The van der Waals surface area contributed by atoms with E-state index in [4.69, 9.17) is 11.6 Å². The summed E-state index contributed by atoms with van der Waals surface area (Å²) in [5.74, 6) is -0.483. The van der Waals surface area contributed by atoms with Crippen molar-refractivity contribution >= 4 is 17.6 Å². The standard InChI is InChI=1S/C14H20ClFN2O2/c1-9(19)6-7-18(3)14(20)17-10(2)11-4-5-13(16)12(15)8-11/h4-5,8-10,19H,6-7H2,1-3H3,(H,17,20). The zero-order valence-corrected chi connectivity index (χ0v) is 12.6. The molecule has 0 aromatic heterocycles. The number of hydrogen-bond acceptors (Lipinski definition) is 2. The highest BCUT2D eigenvalue weighted by Crippen LogP contribution is 2.20. The monoisotopic (exact) mass is 302 g/mol. The van der Waals surface area contributed by atoms with E-state index < -0.39 is 11.9 Å². The van der Waals surface area contributed by atoms with Crippen molar-refractivity contribution in [1.29, 1.82) is 0 Å². The molecule has 0 spiro atoms. The fourth-order valence-corrected chi connectivity index (χ4v) is 1.83. The average Bonchev–Trinajstić information content (AvgIpc) is 2.38. The largest absolute Gasteiger partial charge is 0.393 e. The molecule has 0 saturated carbocycles. The smallest absolute Gasteiger partial charge is 0.317 e. The number of hydrogen-bond donors (Lipinski definition) is 2. The van der Waals surface area contributed by atoms with Crippen LogP contribution in [0.5, 0.6) is 0 Å². The summed E-state index contributed by atoms with van der Waals surface area (Å²) in [5.41, 5.74) is 0.730. The summed E-state index contributed by atoms with van der Waals surface area (Å²) in [6, 6.07) is 3.82. The molecule has 0 aliphatic rings. The number of rotatable bonds is 5. The second-order valence-electron chi connectivity index (χ2n) is 4.90. The van der Waals surface area contributed by atoms with Crippen LogP contribution in [0.15, 0.2) is 18.2 Å². The predicted molar refractivity (Wildman–Crippen MR) is 77.3 cm³/mol. The highest BCUT2D eigenvalue weighted by atomic mass is 35.5. The Balaban J connectivity index is 2.58. The molecule has 2 N–H and O–H groups in total. The summed E-state index contributed by atoms with van der Waals surface area (Å²) in [6.07, 6.45) is 0.0688. The van der Waals surface area contributed by atoms with Crippen LogP contribution >= 0.6 is 11.6 Å². The number of halogens is 2. The van der Waals surface area contributed by atoms with E-state index in [1.165, 1.54) is 17.0 Å². The fourth-order valence-electron chi connectivity index (χ4n) is 1.64. The molecule has 1 rings (SSSR count). The molecule has 0 aliphatic heterocycles. The molecule has 2 unspecified atom stereocenters. The number of urea groups is 1. The van der Waals surface area contributed by atoms with E-state index >= 15 is 0 Å². The van der Waals surface area contributed by atoms with Gasteiger partial charge in [0, 0.05) is 13.6 Å². The maximum atomic E-state index is 13.1. The molecule has 0 bridgehead atoms. The second kappa shape index (κ2) is 7.45. The van der Waals surface area contributed by atoms with Crippen LogP contribution in [-0.4, -0.2) is 35.7 Å². The van der Waals surface area contributed by atoms with E-state index in [2.05, 4.69) is 5.32 Å². The summed E-state index contributed by atoms with van der Waals surface area (Å²) in [7, 11) is 1.65. The third-order valence-electron chi connectivity index (χ3n) is 3.01. The summed E-state index contributed by atoms with van der Waals surface area (Å²) < 4.78 is 13.1. The van der Waals surface area contributed by atoms with Crippen LogP contribution in [0.2, 0.25) is 5.02 Å². The van der Waals surface area contributed by atoms with Gasteiger partial charge in [0.05, 0.1) is 17.2 Å². The van der Waals surface area contributed by atoms with Gasteiger partial charge in [0.25, 0.3) is 0 Å². The molecule has 4 nitrogen and oxygen atoms in total. The first-order valence-electron chi connectivity index (χ1n) is 6.46. The summed E-state index contributed by atoms with van der Waals surface area (Å²) in [6.45, 7) is 3.93. The Bertz CT molecular complexity index is 468. The lowest BCUT2D eigenvalue weighted by atomic mass is 10.1. The number of aliphatic hydroxyl groups is 1. The molecular formula is C14H20ClFN2O2. The zero-order chi connectivity index (χ0) is 15.3. The molecule has 0 fully saturated rings. The number of amides is 2. The SMILES string of the molecule is CC(O)CCN(C)C(=O)NC(C)c1ccc(F)c(Cl)c1. The lowest BCUT2D eigenvalue weighted by Crippen LogP contribution is -2.39. The van der Waals surface area contributed by atoms with Gasteiger partial charge in [0.2, 0.25) is 0 Å². The van der Waals surface area contributed by atoms with Crippen molar-refractivity contribution in [3.63, 3.8) is 0 Å². The Morgan fingerprint density at radius 3 is 2.70 bits per heavy atom.